The number of amides is 2. The van der Waals surface area contributed by atoms with Gasteiger partial charge in [-0.2, -0.15) is 39.5 Å². The van der Waals surface area contributed by atoms with Gasteiger partial charge in [0.1, 0.15) is 5.41 Å². The lowest BCUT2D eigenvalue weighted by atomic mass is 9.87. The fourth-order valence-electron chi connectivity index (χ4n) is 3.70. The highest BCUT2D eigenvalue weighted by atomic mass is 35.5. The average Bonchev–Trinajstić information content (AvgIpc) is 2.79. The molecule has 0 spiro atoms. The van der Waals surface area contributed by atoms with E-state index in [9.17, 15) is 49.1 Å². The Morgan fingerprint density at radius 1 is 0.927 bits per heavy atom. The third-order valence-corrected chi connectivity index (χ3v) is 7.27. The molecule has 2 rings (SSSR count). The van der Waals surface area contributed by atoms with E-state index in [1.54, 1.807) is 0 Å². The molecular formula is C25H20Cl3F9N2O2. The largest absolute Gasteiger partial charge is 0.417 e. The maximum absolute atomic E-state index is 14.2. The first kappa shape index (κ1) is 34.6. The van der Waals surface area contributed by atoms with Crippen LogP contribution in [-0.2, 0) is 11.0 Å². The molecule has 0 heterocycles. The zero-order valence-electron chi connectivity index (χ0n) is 21.0. The number of nitrogens with one attached hydrogen (secondary N) is 1. The summed E-state index contributed by atoms with van der Waals surface area (Å²) in [5.41, 5.74) is -2.99. The van der Waals surface area contributed by atoms with Gasteiger partial charge in [0.05, 0.1) is 38.2 Å². The minimum Gasteiger partial charge on any atom is -0.366 e. The molecule has 2 aromatic carbocycles. The monoisotopic (exact) mass is 656 g/mol. The molecular weight excluding hydrogens is 638 g/mol. The zero-order valence-corrected chi connectivity index (χ0v) is 23.3. The first-order valence-corrected chi connectivity index (χ1v) is 12.4. The van der Waals surface area contributed by atoms with Crippen LogP contribution in [0.2, 0.25) is 15.1 Å². The van der Waals surface area contributed by atoms with E-state index in [0.717, 1.165) is 25.1 Å². The fourth-order valence-corrected chi connectivity index (χ4v) is 4.31. The third kappa shape index (κ3) is 7.61. The van der Waals surface area contributed by atoms with Crippen molar-refractivity contribution in [2.75, 3.05) is 0 Å². The first-order valence-electron chi connectivity index (χ1n) is 11.2. The van der Waals surface area contributed by atoms with Crippen molar-refractivity contribution in [1.82, 2.24) is 5.32 Å². The summed E-state index contributed by atoms with van der Waals surface area (Å²) in [5.74, 6) is -5.81. The molecule has 3 N–H and O–H groups in total. The van der Waals surface area contributed by atoms with Gasteiger partial charge in [-0.1, -0.05) is 53.0 Å². The van der Waals surface area contributed by atoms with Crippen molar-refractivity contribution in [2.24, 2.45) is 11.1 Å². The Bertz CT molecular complexity index is 1340. The number of benzene rings is 2. The summed E-state index contributed by atoms with van der Waals surface area (Å²) in [7, 11) is 0. The van der Waals surface area contributed by atoms with Crippen LogP contribution >= 0.6 is 34.8 Å². The molecule has 0 aliphatic heterocycles. The van der Waals surface area contributed by atoms with Crippen LogP contribution in [0.15, 0.2) is 30.3 Å². The average molecular weight is 658 g/mol. The maximum Gasteiger partial charge on any atom is 0.417 e. The van der Waals surface area contributed by atoms with Crippen LogP contribution in [0, 0.1) is 5.41 Å². The summed E-state index contributed by atoms with van der Waals surface area (Å²) in [6.45, 7) is 1.84. The lowest BCUT2D eigenvalue weighted by molar-refractivity contribution is -0.211. The van der Waals surface area contributed by atoms with Gasteiger partial charge >= 0.3 is 18.5 Å². The fraction of sp³-hybridized carbons (Fsp3) is 0.360. The molecule has 1 unspecified atom stereocenters. The molecule has 226 valence electrons. The standard InChI is InChI=1S/C25H20Cl3F9N2O2/c1-10(39-21(41)22(2,3)25(35,36)37)17-11(4-6-13(20(38)40)18(17)24(32,33)34)5-7-14(23(29,30)31)12-8-15(26)19(28)16(27)9-12/h4-10,14H,1-3H3,(H2,38,40)(H,39,41)/b7-5+/t10-,14?/m0/s1. The molecule has 2 atom stereocenters. The zero-order chi connectivity index (χ0) is 31.9. The van der Waals surface area contributed by atoms with E-state index in [1.807, 2.05) is 5.32 Å². The lowest BCUT2D eigenvalue weighted by Crippen LogP contribution is -2.47. The van der Waals surface area contributed by atoms with E-state index < -0.39 is 75.5 Å². The second kappa shape index (κ2) is 11.9. The van der Waals surface area contributed by atoms with Crippen molar-refractivity contribution in [3.05, 3.63) is 73.2 Å². The number of carbonyl (C=O) groups excluding carboxylic acids is 2. The van der Waals surface area contributed by atoms with Crippen molar-refractivity contribution >= 4 is 52.7 Å². The Morgan fingerprint density at radius 3 is 1.85 bits per heavy atom. The number of carbonyl (C=O) groups is 2. The van der Waals surface area contributed by atoms with Crippen LogP contribution < -0.4 is 11.1 Å². The minimum absolute atomic E-state index is 0.243. The quantitative estimate of drug-likeness (QED) is 0.231. The molecule has 0 aliphatic rings. The normalized spacial score (nSPS) is 14.7. The SMILES string of the molecule is C[C@H](NC(=O)C(C)(C)C(F)(F)F)c1c(/C=C/C(c2cc(Cl)c(Cl)c(Cl)c2)C(F)(F)F)ccc(C(N)=O)c1C(F)(F)F. The van der Waals surface area contributed by atoms with E-state index in [0.29, 0.717) is 32.1 Å². The van der Waals surface area contributed by atoms with Gasteiger partial charge in [0, 0.05) is 0 Å². The summed E-state index contributed by atoms with van der Waals surface area (Å²) in [4.78, 5) is 24.3. The number of hydrogen-bond acceptors (Lipinski definition) is 2. The molecule has 0 saturated carbocycles. The van der Waals surface area contributed by atoms with Crippen LogP contribution in [0.5, 0.6) is 0 Å². The molecule has 4 nitrogen and oxygen atoms in total. The van der Waals surface area contributed by atoms with Crippen LogP contribution in [0.3, 0.4) is 0 Å². The summed E-state index contributed by atoms with van der Waals surface area (Å²) in [6, 6.07) is 1.20. The van der Waals surface area contributed by atoms with Crippen molar-refractivity contribution in [3.8, 4) is 0 Å². The Morgan fingerprint density at radius 2 is 1.44 bits per heavy atom. The second-order valence-corrected chi connectivity index (χ2v) is 10.5. The van der Waals surface area contributed by atoms with Crippen molar-refractivity contribution in [3.63, 3.8) is 0 Å². The Labute approximate surface area is 242 Å². The molecule has 2 amide bonds. The van der Waals surface area contributed by atoms with E-state index in [-0.39, 0.29) is 15.1 Å². The summed E-state index contributed by atoms with van der Waals surface area (Å²) < 4.78 is 125. The van der Waals surface area contributed by atoms with Gasteiger partial charge < -0.3 is 11.1 Å². The van der Waals surface area contributed by atoms with Crippen molar-refractivity contribution in [2.45, 2.75) is 51.3 Å². The first-order chi connectivity index (χ1) is 18.4. The van der Waals surface area contributed by atoms with E-state index >= 15 is 0 Å². The smallest absolute Gasteiger partial charge is 0.366 e. The second-order valence-electron chi connectivity index (χ2n) is 9.35. The summed E-state index contributed by atoms with van der Waals surface area (Å²) in [5, 5.41) is 0.890. The van der Waals surface area contributed by atoms with E-state index in [1.165, 1.54) is 0 Å². The number of nitrogens with two attached hydrogens (primary N) is 1. The molecule has 0 aromatic heterocycles. The number of allylic oxidation sites excluding steroid dienone is 1. The van der Waals surface area contributed by atoms with Gasteiger partial charge in [-0.15, -0.1) is 0 Å². The predicted octanol–water partition coefficient (Wildman–Crippen LogP) is 8.89. The summed E-state index contributed by atoms with van der Waals surface area (Å²) in [6.07, 6.45) is -14.5. The van der Waals surface area contributed by atoms with Crippen molar-refractivity contribution in [1.29, 1.82) is 0 Å². The van der Waals surface area contributed by atoms with E-state index in [4.69, 9.17) is 40.5 Å². The van der Waals surface area contributed by atoms with Crippen LogP contribution in [-0.4, -0.2) is 24.2 Å². The van der Waals surface area contributed by atoms with Gasteiger partial charge in [-0.25, -0.2) is 0 Å². The Kier molecular flexibility index (Phi) is 10.1. The van der Waals surface area contributed by atoms with Gasteiger partial charge in [-0.3, -0.25) is 9.59 Å². The number of hydrogen-bond donors (Lipinski definition) is 2. The van der Waals surface area contributed by atoms with E-state index in [2.05, 4.69) is 0 Å². The summed E-state index contributed by atoms with van der Waals surface area (Å²) >= 11 is 17.5. The highest BCUT2D eigenvalue weighted by Gasteiger charge is 2.53. The van der Waals surface area contributed by atoms with Gasteiger partial charge in [-0.05, 0) is 55.7 Å². The third-order valence-electron chi connectivity index (χ3n) is 6.07. The van der Waals surface area contributed by atoms with Crippen LogP contribution in [0.25, 0.3) is 6.08 Å². The van der Waals surface area contributed by atoms with Crippen LogP contribution in [0.1, 0.15) is 65.3 Å². The molecule has 41 heavy (non-hydrogen) atoms. The van der Waals surface area contributed by atoms with Gasteiger partial charge in [0.25, 0.3) is 0 Å². The lowest BCUT2D eigenvalue weighted by Gasteiger charge is -2.30. The number of halogens is 12. The van der Waals surface area contributed by atoms with Crippen molar-refractivity contribution < 1.29 is 49.1 Å². The molecule has 0 saturated heterocycles. The predicted molar refractivity (Wildman–Crippen MR) is 136 cm³/mol. The topological polar surface area (TPSA) is 72.2 Å². The Balaban J connectivity index is 2.81. The highest BCUT2D eigenvalue weighted by Crippen LogP contribution is 2.44. The molecule has 0 aliphatic carbocycles. The minimum atomic E-state index is -5.37. The maximum atomic E-state index is 14.2. The van der Waals surface area contributed by atoms with Gasteiger partial charge in [0.15, 0.2) is 0 Å². The molecule has 16 heteroatoms. The number of primary amides is 1. The Hall–Kier alpha value is -2.64. The highest BCUT2D eigenvalue weighted by molar-refractivity contribution is 6.48. The van der Waals surface area contributed by atoms with Gasteiger partial charge in [0.2, 0.25) is 11.8 Å². The molecule has 0 radical (unpaired) electrons. The number of alkyl halides is 9. The van der Waals surface area contributed by atoms with Crippen LogP contribution in [0.4, 0.5) is 39.5 Å². The number of rotatable bonds is 7. The molecule has 2 aromatic rings. The molecule has 0 bridgehead atoms. The molecule has 0 fully saturated rings.